The summed E-state index contributed by atoms with van der Waals surface area (Å²) < 4.78 is 5.47. The first kappa shape index (κ1) is 16.6. The molecule has 22 heavy (non-hydrogen) atoms. The summed E-state index contributed by atoms with van der Waals surface area (Å²) in [6.45, 7) is 2.90. The normalized spacial score (nSPS) is 19.3. The summed E-state index contributed by atoms with van der Waals surface area (Å²) in [5.41, 5.74) is 1.23. The van der Waals surface area contributed by atoms with E-state index in [0.29, 0.717) is 23.7 Å². The van der Waals surface area contributed by atoms with Gasteiger partial charge in [0.05, 0.1) is 12.2 Å². The van der Waals surface area contributed by atoms with Crippen molar-refractivity contribution in [2.75, 3.05) is 23.7 Å². The van der Waals surface area contributed by atoms with E-state index >= 15 is 0 Å². The van der Waals surface area contributed by atoms with Crippen LogP contribution >= 0.6 is 12.4 Å². The lowest BCUT2D eigenvalue weighted by Gasteiger charge is -2.23. The van der Waals surface area contributed by atoms with Crippen LogP contribution in [0.4, 0.5) is 11.4 Å². The highest BCUT2D eigenvalue weighted by atomic mass is 35.5. The van der Waals surface area contributed by atoms with E-state index in [2.05, 4.69) is 16.0 Å². The van der Waals surface area contributed by atoms with Gasteiger partial charge in [-0.2, -0.15) is 0 Å². The molecule has 6 nitrogen and oxygen atoms in total. The molecule has 7 heteroatoms. The Labute approximate surface area is 135 Å². The van der Waals surface area contributed by atoms with Crippen LogP contribution in [0.5, 0.6) is 5.75 Å². The molecule has 2 amide bonds. The van der Waals surface area contributed by atoms with Crippen LogP contribution in [0, 0.1) is 5.92 Å². The molecule has 120 valence electrons. The third-order valence-corrected chi connectivity index (χ3v) is 3.61. The van der Waals surface area contributed by atoms with Crippen molar-refractivity contribution in [3.05, 3.63) is 18.2 Å². The highest BCUT2D eigenvalue weighted by molar-refractivity contribution is 5.99. The minimum Gasteiger partial charge on any atom is -0.479 e. The first-order chi connectivity index (χ1) is 10.1. The van der Waals surface area contributed by atoms with Crippen molar-refractivity contribution in [1.82, 2.24) is 5.32 Å². The number of carbonyl (C=O) groups excluding carboxylic acids is 2. The first-order valence-electron chi connectivity index (χ1n) is 7.24. The Bertz CT molecular complexity index is 575. The Morgan fingerprint density at radius 3 is 2.91 bits per heavy atom. The molecule has 0 bridgehead atoms. The van der Waals surface area contributed by atoms with Crippen molar-refractivity contribution in [3.63, 3.8) is 0 Å². The molecule has 1 aromatic rings. The lowest BCUT2D eigenvalue weighted by Crippen LogP contribution is -2.34. The molecule has 1 aliphatic heterocycles. The monoisotopic (exact) mass is 325 g/mol. The van der Waals surface area contributed by atoms with Gasteiger partial charge in [0, 0.05) is 5.69 Å². The highest BCUT2D eigenvalue weighted by Gasteiger charge is 2.24. The summed E-state index contributed by atoms with van der Waals surface area (Å²) in [5, 5.41) is 8.70. The van der Waals surface area contributed by atoms with Crippen molar-refractivity contribution in [3.8, 4) is 5.75 Å². The second kappa shape index (κ2) is 6.98. The molecule has 0 aromatic heterocycles. The summed E-state index contributed by atoms with van der Waals surface area (Å²) in [7, 11) is 0. The molecular weight excluding hydrogens is 306 g/mol. The van der Waals surface area contributed by atoms with Crippen LogP contribution in [0.15, 0.2) is 18.2 Å². The van der Waals surface area contributed by atoms with E-state index in [9.17, 15) is 9.59 Å². The van der Waals surface area contributed by atoms with E-state index in [-0.39, 0.29) is 24.2 Å². The van der Waals surface area contributed by atoms with Gasteiger partial charge in [0.25, 0.3) is 5.91 Å². The van der Waals surface area contributed by atoms with Crippen LogP contribution < -0.4 is 20.7 Å². The van der Waals surface area contributed by atoms with Gasteiger partial charge in [-0.15, -0.1) is 12.4 Å². The fourth-order valence-electron chi connectivity index (χ4n) is 2.20. The molecule has 0 saturated heterocycles. The summed E-state index contributed by atoms with van der Waals surface area (Å²) in [6.07, 6.45) is 2.03. The molecule has 0 spiro atoms. The number of amides is 2. The maximum atomic E-state index is 11.8. The van der Waals surface area contributed by atoms with Crippen molar-refractivity contribution in [2.24, 2.45) is 5.92 Å². The maximum absolute atomic E-state index is 11.8. The Balaban J connectivity index is 0.00000176. The van der Waals surface area contributed by atoms with Gasteiger partial charge in [0.2, 0.25) is 5.91 Å². The molecule has 3 N–H and O–H groups in total. The van der Waals surface area contributed by atoms with Crippen molar-refractivity contribution in [1.29, 1.82) is 0 Å². The zero-order chi connectivity index (χ0) is 14.8. The molecule has 1 fully saturated rings. The predicted molar refractivity (Wildman–Crippen MR) is 86.6 cm³/mol. The van der Waals surface area contributed by atoms with Gasteiger partial charge in [-0.05, 0) is 50.4 Å². The first-order valence-corrected chi connectivity index (χ1v) is 7.24. The Kier molecular flexibility index (Phi) is 5.26. The third kappa shape index (κ3) is 4.11. The quantitative estimate of drug-likeness (QED) is 0.771. The largest absolute Gasteiger partial charge is 0.479 e. The smallest absolute Gasteiger partial charge is 0.265 e. The number of benzene rings is 1. The molecule has 1 atom stereocenters. The van der Waals surface area contributed by atoms with Crippen molar-refractivity contribution < 1.29 is 14.3 Å². The topological polar surface area (TPSA) is 79.5 Å². The van der Waals surface area contributed by atoms with E-state index in [0.717, 1.165) is 12.5 Å². The van der Waals surface area contributed by atoms with Crippen LogP contribution in [-0.2, 0) is 9.59 Å². The Morgan fingerprint density at radius 2 is 2.18 bits per heavy atom. The average molecular weight is 326 g/mol. The Hall–Kier alpha value is -1.79. The number of carbonyl (C=O) groups is 2. The summed E-state index contributed by atoms with van der Waals surface area (Å²) in [4.78, 5) is 23.4. The number of hydrogen-bond acceptors (Lipinski definition) is 4. The minimum atomic E-state index is -0.496. The van der Waals surface area contributed by atoms with E-state index in [4.69, 9.17) is 4.74 Å². The van der Waals surface area contributed by atoms with Crippen molar-refractivity contribution in [2.45, 2.75) is 25.9 Å². The SMILES string of the molecule is CC1Oc2ccc(NC(=O)CNCC3CC3)cc2NC1=O.Cl. The summed E-state index contributed by atoms with van der Waals surface area (Å²) >= 11 is 0. The number of halogens is 1. The summed E-state index contributed by atoms with van der Waals surface area (Å²) in [5.74, 6) is 1.09. The van der Waals surface area contributed by atoms with E-state index < -0.39 is 6.10 Å². The highest BCUT2D eigenvalue weighted by Crippen LogP contribution is 2.32. The molecule has 1 unspecified atom stereocenters. The molecule has 2 aliphatic rings. The minimum absolute atomic E-state index is 0. The van der Waals surface area contributed by atoms with Crippen LogP contribution in [-0.4, -0.2) is 31.0 Å². The average Bonchev–Trinajstić information content (AvgIpc) is 3.24. The van der Waals surface area contributed by atoms with Crippen LogP contribution in [0.2, 0.25) is 0 Å². The van der Waals surface area contributed by atoms with E-state index in [1.807, 2.05) is 0 Å². The molecule has 1 aromatic carbocycles. The Morgan fingerprint density at radius 1 is 1.41 bits per heavy atom. The number of anilines is 2. The fraction of sp³-hybridized carbons (Fsp3) is 0.467. The van der Waals surface area contributed by atoms with E-state index in [1.165, 1.54) is 12.8 Å². The van der Waals surface area contributed by atoms with Crippen LogP contribution in [0.3, 0.4) is 0 Å². The number of rotatable bonds is 5. The summed E-state index contributed by atoms with van der Waals surface area (Å²) in [6, 6.07) is 5.22. The molecule has 1 aliphatic carbocycles. The number of fused-ring (bicyclic) bond motifs is 1. The molecule has 3 rings (SSSR count). The fourth-order valence-corrected chi connectivity index (χ4v) is 2.20. The zero-order valence-corrected chi connectivity index (χ0v) is 13.2. The zero-order valence-electron chi connectivity index (χ0n) is 12.3. The number of ether oxygens (including phenoxy) is 1. The van der Waals surface area contributed by atoms with Gasteiger partial charge in [-0.3, -0.25) is 9.59 Å². The molecule has 1 heterocycles. The van der Waals surface area contributed by atoms with Crippen LogP contribution in [0.1, 0.15) is 19.8 Å². The van der Waals surface area contributed by atoms with Gasteiger partial charge in [-0.1, -0.05) is 0 Å². The number of nitrogens with one attached hydrogen (secondary N) is 3. The van der Waals surface area contributed by atoms with Gasteiger partial charge >= 0.3 is 0 Å². The second-order valence-electron chi connectivity index (χ2n) is 5.58. The van der Waals surface area contributed by atoms with E-state index in [1.54, 1.807) is 25.1 Å². The number of hydrogen-bond donors (Lipinski definition) is 3. The van der Waals surface area contributed by atoms with Crippen LogP contribution in [0.25, 0.3) is 0 Å². The van der Waals surface area contributed by atoms with Gasteiger partial charge in [0.15, 0.2) is 6.10 Å². The van der Waals surface area contributed by atoms with Crippen molar-refractivity contribution >= 4 is 35.6 Å². The molecule has 1 saturated carbocycles. The standard InChI is InChI=1S/C15H19N3O3.ClH/c1-9-15(20)18-12-6-11(4-5-13(12)21-9)17-14(19)8-16-7-10-2-3-10;/h4-6,9-10,16H,2-3,7-8H2,1H3,(H,17,19)(H,18,20);1H. The van der Waals surface area contributed by atoms with Gasteiger partial charge < -0.3 is 20.7 Å². The lowest BCUT2D eigenvalue weighted by atomic mass is 10.2. The predicted octanol–water partition coefficient (Wildman–Crippen LogP) is 1.77. The molecule has 0 radical (unpaired) electrons. The third-order valence-electron chi connectivity index (χ3n) is 3.61. The maximum Gasteiger partial charge on any atom is 0.265 e. The van der Waals surface area contributed by atoms with Gasteiger partial charge in [-0.25, -0.2) is 0 Å². The van der Waals surface area contributed by atoms with Gasteiger partial charge in [0.1, 0.15) is 5.75 Å². The second-order valence-corrected chi connectivity index (χ2v) is 5.58. The molecular formula is C15H20ClN3O3. The lowest BCUT2D eigenvalue weighted by molar-refractivity contribution is -0.122.